The van der Waals surface area contributed by atoms with Crippen molar-refractivity contribution in [2.45, 2.75) is 82.4 Å². The molecule has 0 aliphatic carbocycles. The van der Waals surface area contributed by atoms with Gasteiger partial charge in [0.15, 0.2) is 0 Å². The van der Waals surface area contributed by atoms with E-state index in [9.17, 15) is 20.1 Å². The van der Waals surface area contributed by atoms with Gasteiger partial charge in [0.05, 0.1) is 24.4 Å². The third-order valence-corrected chi connectivity index (χ3v) is 4.42. The topological polar surface area (TPSA) is 107 Å². The van der Waals surface area contributed by atoms with Gasteiger partial charge in [-0.15, -0.1) is 0 Å². The molecule has 1 aliphatic heterocycles. The number of ether oxygens (including phenoxy) is 1. The minimum atomic E-state index is -0.807. The van der Waals surface area contributed by atoms with Crippen molar-refractivity contribution in [3.05, 3.63) is 48.6 Å². The number of aliphatic hydroxyl groups excluding tert-OH is 3. The van der Waals surface area contributed by atoms with Gasteiger partial charge >= 0.3 is 5.97 Å². The van der Waals surface area contributed by atoms with Gasteiger partial charge in [0.1, 0.15) is 6.10 Å². The van der Waals surface area contributed by atoms with E-state index >= 15 is 0 Å². The molecule has 4 N–H and O–H groups in total. The molecule has 0 bridgehead atoms. The summed E-state index contributed by atoms with van der Waals surface area (Å²) < 4.78 is 5.72. The molecule has 1 rings (SSSR count). The van der Waals surface area contributed by atoms with Crippen molar-refractivity contribution >= 4 is 5.97 Å². The van der Waals surface area contributed by atoms with Crippen LogP contribution in [0.15, 0.2) is 48.6 Å². The summed E-state index contributed by atoms with van der Waals surface area (Å²) in [6.45, 7) is 2.03. The smallest absolute Gasteiger partial charge is 0.303 e. The van der Waals surface area contributed by atoms with Crippen molar-refractivity contribution in [3.8, 4) is 0 Å². The average molecular weight is 395 g/mol. The minimum absolute atomic E-state index is 0.127. The fourth-order valence-electron chi connectivity index (χ4n) is 2.84. The SMILES string of the molecule is CC/C=C\C[C@H](O)/C=C/[C@@H]1O[C@H]([C@@H](O)C/C=C\C/C=C\CCC(=O)O)C[C@@H]1O. The predicted molar refractivity (Wildman–Crippen MR) is 109 cm³/mol. The summed E-state index contributed by atoms with van der Waals surface area (Å²) in [4.78, 5) is 10.4. The van der Waals surface area contributed by atoms with E-state index < -0.39 is 36.5 Å². The van der Waals surface area contributed by atoms with Crippen LogP contribution in [0, 0.1) is 0 Å². The van der Waals surface area contributed by atoms with Gasteiger partial charge in [0, 0.05) is 12.8 Å². The Balaban J connectivity index is 2.31. The number of rotatable bonds is 13. The molecule has 0 saturated carbocycles. The molecule has 5 atom stereocenters. The zero-order valence-corrected chi connectivity index (χ0v) is 16.6. The van der Waals surface area contributed by atoms with Crippen LogP contribution in [0.2, 0.25) is 0 Å². The second-order valence-corrected chi connectivity index (χ2v) is 6.92. The number of allylic oxidation sites excluding steroid dienone is 4. The Bertz CT molecular complexity index is 551. The van der Waals surface area contributed by atoms with E-state index in [0.717, 1.165) is 6.42 Å². The first kappa shape index (κ1) is 24.3. The number of carboxylic acid groups (broad SMARTS) is 1. The molecular formula is C22H34O6. The number of aliphatic carboxylic acids is 1. The third-order valence-electron chi connectivity index (χ3n) is 4.42. The molecule has 0 aromatic heterocycles. The summed E-state index contributed by atoms with van der Waals surface area (Å²) in [7, 11) is 0. The molecule has 28 heavy (non-hydrogen) atoms. The van der Waals surface area contributed by atoms with Gasteiger partial charge in [-0.3, -0.25) is 4.79 Å². The van der Waals surface area contributed by atoms with Crippen LogP contribution in [-0.2, 0) is 9.53 Å². The van der Waals surface area contributed by atoms with Crippen molar-refractivity contribution in [1.29, 1.82) is 0 Å². The number of carbonyl (C=O) groups is 1. The Morgan fingerprint density at radius 1 is 1.11 bits per heavy atom. The molecule has 0 amide bonds. The van der Waals surface area contributed by atoms with Crippen molar-refractivity contribution in [2.75, 3.05) is 0 Å². The second-order valence-electron chi connectivity index (χ2n) is 6.92. The van der Waals surface area contributed by atoms with E-state index in [1.54, 1.807) is 12.2 Å². The molecule has 158 valence electrons. The van der Waals surface area contributed by atoms with Crippen LogP contribution in [0.5, 0.6) is 0 Å². The number of hydrogen-bond acceptors (Lipinski definition) is 5. The third kappa shape index (κ3) is 10.6. The normalized spacial score (nSPS) is 25.5. The molecule has 1 fully saturated rings. The summed E-state index contributed by atoms with van der Waals surface area (Å²) in [5.41, 5.74) is 0. The first-order valence-electron chi connectivity index (χ1n) is 9.98. The monoisotopic (exact) mass is 394 g/mol. The Morgan fingerprint density at radius 3 is 2.54 bits per heavy atom. The molecule has 6 heteroatoms. The van der Waals surface area contributed by atoms with Gasteiger partial charge < -0.3 is 25.2 Å². The van der Waals surface area contributed by atoms with E-state index in [2.05, 4.69) is 0 Å². The Morgan fingerprint density at radius 2 is 1.82 bits per heavy atom. The van der Waals surface area contributed by atoms with Gasteiger partial charge in [-0.2, -0.15) is 0 Å². The maximum Gasteiger partial charge on any atom is 0.303 e. The lowest BCUT2D eigenvalue weighted by molar-refractivity contribution is -0.136. The molecule has 0 radical (unpaired) electrons. The standard InChI is InChI=1S/C22H34O6/c1-2-3-8-11-17(23)14-15-20-19(25)16-21(28-20)18(24)12-9-6-4-5-7-10-13-22(26)27/h3,5-9,14-15,17-21,23-25H,2,4,10-13,16H2,1H3,(H,26,27)/b7-5-,8-3-,9-6-,15-14+/t17-,18-,19-,20-,21-/m0/s1. The maximum atomic E-state index is 10.4. The highest BCUT2D eigenvalue weighted by atomic mass is 16.5. The quantitative estimate of drug-likeness (QED) is 0.358. The van der Waals surface area contributed by atoms with E-state index in [1.807, 2.05) is 43.4 Å². The lowest BCUT2D eigenvalue weighted by Crippen LogP contribution is -2.25. The van der Waals surface area contributed by atoms with Gasteiger partial charge in [0.25, 0.3) is 0 Å². The Labute approximate surface area is 167 Å². The van der Waals surface area contributed by atoms with Gasteiger partial charge in [-0.25, -0.2) is 0 Å². The zero-order valence-electron chi connectivity index (χ0n) is 16.6. The number of hydrogen-bond donors (Lipinski definition) is 4. The molecule has 0 spiro atoms. The number of carboxylic acids is 1. The lowest BCUT2D eigenvalue weighted by Gasteiger charge is -2.16. The summed E-state index contributed by atoms with van der Waals surface area (Å²) in [6.07, 6.45) is 15.2. The van der Waals surface area contributed by atoms with Crippen molar-refractivity contribution in [3.63, 3.8) is 0 Å². The molecule has 6 nitrogen and oxygen atoms in total. The van der Waals surface area contributed by atoms with Crippen molar-refractivity contribution in [1.82, 2.24) is 0 Å². The summed E-state index contributed by atoms with van der Waals surface area (Å²) >= 11 is 0. The van der Waals surface area contributed by atoms with E-state index in [4.69, 9.17) is 9.84 Å². The highest BCUT2D eigenvalue weighted by molar-refractivity contribution is 5.66. The molecule has 0 aromatic carbocycles. The van der Waals surface area contributed by atoms with Crippen LogP contribution >= 0.6 is 0 Å². The first-order chi connectivity index (χ1) is 13.4. The Kier molecular flexibility index (Phi) is 12.4. The minimum Gasteiger partial charge on any atom is -0.481 e. The fourth-order valence-corrected chi connectivity index (χ4v) is 2.84. The van der Waals surface area contributed by atoms with Crippen LogP contribution < -0.4 is 0 Å². The molecule has 0 aromatic rings. The number of aliphatic hydroxyl groups is 3. The van der Waals surface area contributed by atoms with Crippen LogP contribution in [0.25, 0.3) is 0 Å². The molecular weight excluding hydrogens is 360 g/mol. The highest BCUT2D eigenvalue weighted by Crippen LogP contribution is 2.25. The maximum absolute atomic E-state index is 10.4. The average Bonchev–Trinajstić information content (AvgIpc) is 3.03. The summed E-state index contributed by atoms with van der Waals surface area (Å²) in [6, 6.07) is 0. The van der Waals surface area contributed by atoms with Gasteiger partial charge in [-0.05, 0) is 32.1 Å². The van der Waals surface area contributed by atoms with Crippen LogP contribution in [0.4, 0.5) is 0 Å². The highest BCUT2D eigenvalue weighted by Gasteiger charge is 2.35. The van der Waals surface area contributed by atoms with Crippen molar-refractivity contribution in [2.24, 2.45) is 0 Å². The zero-order chi connectivity index (χ0) is 20.8. The van der Waals surface area contributed by atoms with Crippen LogP contribution in [-0.4, -0.2) is 56.9 Å². The van der Waals surface area contributed by atoms with E-state index in [1.165, 1.54) is 0 Å². The van der Waals surface area contributed by atoms with Crippen molar-refractivity contribution < 1.29 is 30.0 Å². The first-order valence-corrected chi connectivity index (χ1v) is 9.98. The molecule has 1 heterocycles. The van der Waals surface area contributed by atoms with Gasteiger partial charge in [0.2, 0.25) is 0 Å². The fraction of sp³-hybridized carbons (Fsp3) is 0.591. The molecule has 1 aliphatic rings. The summed E-state index contributed by atoms with van der Waals surface area (Å²) in [5.74, 6) is -0.807. The largest absolute Gasteiger partial charge is 0.481 e. The summed E-state index contributed by atoms with van der Waals surface area (Å²) in [5, 5.41) is 38.8. The Hall–Kier alpha value is -1.73. The van der Waals surface area contributed by atoms with Crippen LogP contribution in [0.3, 0.4) is 0 Å². The van der Waals surface area contributed by atoms with Crippen LogP contribution in [0.1, 0.15) is 51.9 Å². The molecule has 1 saturated heterocycles. The predicted octanol–water partition coefficient (Wildman–Crippen LogP) is 2.90. The van der Waals surface area contributed by atoms with E-state index in [0.29, 0.717) is 32.1 Å². The molecule has 0 unspecified atom stereocenters. The lowest BCUT2D eigenvalue weighted by atomic mass is 10.0. The second kappa shape index (κ2) is 14.3. The van der Waals surface area contributed by atoms with Gasteiger partial charge in [-0.1, -0.05) is 55.5 Å². The van der Waals surface area contributed by atoms with E-state index in [-0.39, 0.29) is 6.42 Å².